The minimum atomic E-state index is -0.509. The van der Waals surface area contributed by atoms with E-state index in [1.54, 1.807) is 42.5 Å². The number of fused-ring (bicyclic) bond motifs is 1. The summed E-state index contributed by atoms with van der Waals surface area (Å²) in [6.07, 6.45) is 0. The van der Waals surface area contributed by atoms with E-state index >= 15 is 0 Å². The number of hydrogen-bond acceptors (Lipinski definition) is 4. The number of carbonyl (C=O) groups is 2. The summed E-state index contributed by atoms with van der Waals surface area (Å²) >= 11 is 0. The Morgan fingerprint density at radius 2 is 1.88 bits per heavy atom. The molecule has 2 amide bonds. The van der Waals surface area contributed by atoms with Gasteiger partial charge in [0, 0.05) is 24.7 Å². The highest BCUT2D eigenvalue weighted by molar-refractivity contribution is 5.95. The highest BCUT2D eigenvalue weighted by Crippen LogP contribution is 2.13. The van der Waals surface area contributed by atoms with Crippen LogP contribution in [0.4, 0.5) is 5.69 Å². The molecule has 0 atom stereocenters. The quantitative estimate of drug-likeness (QED) is 0.682. The van der Waals surface area contributed by atoms with Crippen molar-refractivity contribution in [2.24, 2.45) is 0 Å². The number of anilines is 1. The van der Waals surface area contributed by atoms with Gasteiger partial charge in [0.1, 0.15) is 0 Å². The van der Waals surface area contributed by atoms with Crippen LogP contribution in [-0.2, 0) is 11.3 Å². The van der Waals surface area contributed by atoms with Crippen LogP contribution in [-0.4, -0.2) is 16.8 Å². The Labute approximate surface area is 136 Å². The molecule has 7 nitrogen and oxygen atoms in total. The van der Waals surface area contributed by atoms with Gasteiger partial charge in [-0.1, -0.05) is 6.07 Å². The second-order valence-corrected chi connectivity index (χ2v) is 5.29. The summed E-state index contributed by atoms with van der Waals surface area (Å²) in [4.78, 5) is 36.8. The average Bonchev–Trinajstić information content (AvgIpc) is 2.92. The van der Waals surface area contributed by atoms with E-state index in [2.05, 4.69) is 15.6 Å². The highest BCUT2D eigenvalue weighted by Gasteiger charge is 2.07. The number of amides is 2. The minimum Gasteiger partial charge on any atom is -0.408 e. The molecule has 0 spiro atoms. The molecule has 3 rings (SSSR count). The number of nitrogens with one attached hydrogen (secondary N) is 3. The van der Waals surface area contributed by atoms with E-state index in [0.717, 1.165) is 5.56 Å². The molecule has 7 heteroatoms. The third-order valence-corrected chi connectivity index (χ3v) is 3.41. The maximum Gasteiger partial charge on any atom is 0.417 e. The number of rotatable bonds is 4. The summed E-state index contributed by atoms with van der Waals surface area (Å²) in [6, 6.07) is 11.8. The maximum absolute atomic E-state index is 12.1. The van der Waals surface area contributed by atoms with E-state index in [0.29, 0.717) is 28.9 Å². The van der Waals surface area contributed by atoms with Crippen LogP contribution in [0.1, 0.15) is 22.8 Å². The molecule has 3 N–H and O–H groups in total. The van der Waals surface area contributed by atoms with Gasteiger partial charge >= 0.3 is 5.76 Å². The predicted octanol–water partition coefficient (Wildman–Crippen LogP) is 2.01. The van der Waals surface area contributed by atoms with E-state index in [1.807, 2.05) is 0 Å². The van der Waals surface area contributed by atoms with Crippen LogP contribution in [0.3, 0.4) is 0 Å². The first-order valence-corrected chi connectivity index (χ1v) is 7.29. The molecule has 24 heavy (non-hydrogen) atoms. The Morgan fingerprint density at radius 3 is 2.58 bits per heavy atom. The Bertz CT molecular complexity index is 954. The Balaban J connectivity index is 1.65. The fraction of sp³-hybridized carbons (Fsp3) is 0.118. The SMILES string of the molecule is CC(=O)Nc1ccc(C(=O)NCc2ccc3[nH]c(=O)oc3c2)cc1. The van der Waals surface area contributed by atoms with Crippen molar-refractivity contribution in [2.75, 3.05) is 5.32 Å². The molecule has 0 aliphatic carbocycles. The van der Waals surface area contributed by atoms with Gasteiger partial charge in [-0.2, -0.15) is 0 Å². The molecule has 122 valence electrons. The van der Waals surface area contributed by atoms with Crippen molar-refractivity contribution < 1.29 is 14.0 Å². The van der Waals surface area contributed by atoms with Crippen LogP contribution < -0.4 is 16.4 Å². The van der Waals surface area contributed by atoms with Crippen LogP contribution >= 0.6 is 0 Å². The third-order valence-electron chi connectivity index (χ3n) is 3.41. The first-order valence-electron chi connectivity index (χ1n) is 7.29. The smallest absolute Gasteiger partial charge is 0.408 e. The van der Waals surface area contributed by atoms with Crippen LogP contribution in [0.15, 0.2) is 51.7 Å². The standard InChI is InChI=1S/C17H15N3O4/c1-10(21)19-13-5-3-12(4-6-13)16(22)18-9-11-2-7-14-15(8-11)24-17(23)20-14/h2-8H,9H2,1H3,(H,18,22)(H,19,21)(H,20,23). The summed E-state index contributed by atoms with van der Waals surface area (Å²) in [5.41, 5.74) is 2.99. The number of aromatic nitrogens is 1. The van der Waals surface area contributed by atoms with Crippen LogP contribution in [0.25, 0.3) is 11.1 Å². The summed E-state index contributed by atoms with van der Waals surface area (Å²) < 4.78 is 4.99. The van der Waals surface area contributed by atoms with Crippen molar-refractivity contribution >= 4 is 28.6 Å². The number of carbonyl (C=O) groups excluding carboxylic acids is 2. The summed E-state index contributed by atoms with van der Waals surface area (Å²) in [5, 5.41) is 5.43. The van der Waals surface area contributed by atoms with Gasteiger partial charge in [-0.3, -0.25) is 14.6 Å². The molecular weight excluding hydrogens is 310 g/mol. The highest BCUT2D eigenvalue weighted by atomic mass is 16.4. The third kappa shape index (κ3) is 3.52. The van der Waals surface area contributed by atoms with E-state index in [9.17, 15) is 14.4 Å². The molecule has 0 radical (unpaired) electrons. The van der Waals surface area contributed by atoms with E-state index in [-0.39, 0.29) is 11.8 Å². The lowest BCUT2D eigenvalue weighted by atomic mass is 10.1. The second kappa shape index (κ2) is 6.41. The maximum atomic E-state index is 12.1. The molecule has 0 saturated heterocycles. The van der Waals surface area contributed by atoms with Crippen molar-refractivity contribution in [1.29, 1.82) is 0 Å². The van der Waals surface area contributed by atoms with Gasteiger partial charge in [-0.05, 0) is 42.0 Å². The number of benzene rings is 2. The molecule has 3 aromatic rings. The molecule has 0 saturated carbocycles. The van der Waals surface area contributed by atoms with Gasteiger partial charge in [0.25, 0.3) is 5.91 Å². The average molecular weight is 325 g/mol. The number of oxazole rings is 1. The molecule has 0 aliphatic rings. The first-order chi connectivity index (χ1) is 11.5. The van der Waals surface area contributed by atoms with Crippen molar-refractivity contribution in [2.45, 2.75) is 13.5 Å². The molecule has 0 unspecified atom stereocenters. The zero-order valence-corrected chi connectivity index (χ0v) is 12.9. The zero-order valence-electron chi connectivity index (χ0n) is 12.9. The molecular formula is C17H15N3O4. The van der Waals surface area contributed by atoms with Crippen LogP contribution in [0, 0.1) is 0 Å². The van der Waals surface area contributed by atoms with Gasteiger partial charge in [-0.15, -0.1) is 0 Å². The summed E-state index contributed by atoms with van der Waals surface area (Å²) in [6.45, 7) is 1.72. The predicted molar refractivity (Wildman–Crippen MR) is 88.8 cm³/mol. The molecule has 1 heterocycles. The first kappa shape index (κ1) is 15.5. The number of H-pyrrole nitrogens is 1. The lowest BCUT2D eigenvalue weighted by Crippen LogP contribution is -2.22. The summed E-state index contributed by atoms with van der Waals surface area (Å²) in [7, 11) is 0. The molecule has 0 fully saturated rings. The monoisotopic (exact) mass is 325 g/mol. The van der Waals surface area contributed by atoms with Gasteiger partial charge < -0.3 is 15.1 Å². The van der Waals surface area contributed by atoms with Crippen LogP contribution in [0.2, 0.25) is 0 Å². The van der Waals surface area contributed by atoms with Crippen molar-refractivity contribution in [3.63, 3.8) is 0 Å². The van der Waals surface area contributed by atoms with E-state index in [4.69, 9.17) is 4.42 Å². The Kier molecular flexibility index (Phi) is 4.15. The van der Waals surface area contributed by atoms with E-state index in [1.165, 1.54) is 6.92 Å². The fourth-order valence-corrected chi connectivity index (χ4v) is 2.29. The molecule has 0 bridgehead atoms. The lowest BCUT2D eigenvalue weighted by molar-refractivity contribution is -0.114. The summed E-state index contributed by atoms with van der Waals surface area (Å²) in [5.74, 6) is -0.913. The van der Waals surface area contributed by atoms with Gasteiger partial charge in [0.05, 0.1) is 5.52 Å². The van der Waals surface area contributed by atoms with Gasteiger partial charge in [0.2, 0.25) is 5.91 Å². The largest absolute Gasteiger partial charge is 0.417 e. The molecule has 2 aromatic carbocycles. The molecule has 0 aliphatic heterocycles. The molecule has 1 aromatic heterocycles. The van der Waals surface area contributed by atoms with Crippen molar-refractivity contribution in [1.82, 2.24) is 10.3 Å². The second-order valence-electron chi connectivity index (χ2n) is 5.29. The lowest BCUT2D eigenvalue weighted by Gasteiger charge is -2.07. The fourth-order valence-electron chi connectivity index (χ4n) is 2.29. The van der Waals surface area contributed by atoms with Crippen molar-refractivity contribution in [3.05, 3.63) is 64.1 Å². The van der Waals surface area contributed by atoms with Gasteiger partial charge in [-0.25, -0.2) is 4.79 Å². The van der Waals surface area contributed by atoms with Crippen molar-refractivity contribution in [3.8, 4) is 0 Å². The van der Waals surface area contributed by atoms with Gasteiger partial charge in [0.15, 0.2) is 5.58 Å². The minimum absolute atomic E-state index is 0.168. The topological polar surface area (TPSA) is 104 Å². The normalized spacial score (nSPS) is 10.5. The Morgan fingerprint density at radius 1 is 1.12 bits per heavy atom. The number of aromatic amines is 1. The number of hydrogen-bond donors (Lipinski definition) is 3. The zero-order chi connectivity index (χ0) is 17.1. The van der Waals surface area contributed by atoms with E-state index < -0.39 is 5.76 Å². The van der Waals surface area contributed by atoms with Crippen LogP contribution in [0.5, 0.6) is 0 Å². The Hall–Kier alpha value is -3.35.